The molecule has 0 amide bonds. The second kappa shape index (κ2) is 9.87. The highest BCUT2D eigenvalue weighted by molar-refractivity contribution is 5.96. The van der Waals surface area contributed by atoms with Gasteiger partial charge in [-0.15, -0.1) is 0 Å². The molecule has 0 saturated heterocycles. The fraction of sp³-hybridized carbons (Fsp3) is 0.182. The van der Waals surface area contributed by atoms with Crippen molar-refractivity contribution in [1.82, 2.24) is 14.5 Å². The topological polar surface area (TPSA) is 74.8 Å². The van der Waals surface area contributed by atoms with Crippen LogP contribution >= 0.6 is 0 Å². The van der Waals surface area contributed by atoms with Gasteiger partial charge in [-0.2, -0.15) is 0 Å². The van der Waals surface area contributed by atoms with Crippen molar-refractivity contribution in [3.63, 3.8) is 0 Å². The van der Waals surface area contributed by atoms with Crippen LogP contribution in [0.5, 0.6) is 0 Å². The number of carboxylic acids is 1. The van der Waals surface area contributed by atoms with Crippen LogP contribution in [-0.2, 0) is 20.0 Å². The Morgan fingerprint density at radius 2 is 1.72 bits per heavy atom. The Labute approximate surface area is 227 Å². The summed E-state index contributed by atoms with van der Waals surface area (Å²) in [5.74, 6) is 1.22. The van der Waals surface area contributed by atoms with Gasteiger partial charge >= 0.3 is 5.97 Å². The third-order valence-electron chi connectivity index (χ3n) is 7.49. The summed E-state index contributed by atoms with van der Waals surface area (Å²) in [6.45, 7) is 5.01. The zero-order valence-corrected chi connectivity index (χ0v) is 22.4. The lowest BCUT2D eigenvalue weighted by Crippen LogP contribution is -2.29. The number of fused-ring (bicyclic) bond motifs is 2. The molecule has 2 aromatic heterocycles. The predicted molar refractivity (Wildman–Crippen MR) is 155 cm³/mol. The van der Waals surface area contributed by atoms with Crippen molar-refractivity contribution in [1.29, 1.82) is 0 Å². The Bertz CT molecular complexity index is 1840. The van der Waals surface area contributed by atoms with Crippen molar-refractivity contribution in [2.24, 2.45) is 7.05 Å². The smallest absolute Gasteiger partial charge is 0.336 e. The molecule has 0 fully saturated rings. The van der Waals surface area contributed by atoms with Gasteiger partial charge in [-0.1, -0.05) is 61.5 Å². The van der Waals surface area contributed by atoms with E-state index in [-0.39, 0.29) is 0 Å². The summed E-state index contributed by atoms with van der Waals surface area (Å²) in [5, 5.41) is 9.61. The molecule has 0 saturated carbocycles. The van der Waals surface area contributed by atoms with E-state index in [1.54, 1.807) is 12.1 Å². The van der Waals surface area contributed by atoms with Gasteiger partial charge in [0, 0.05) is 13.0 Å². The number of imidazole rings is 2. The Kier molecular flexibility index (Phi) is 6.23. The first kappa shape index (κ1) is 24.6. The summed E-state index contributed by atoms with van der Waals surface area (Å²) in [7, 11) is 2.09. The van der Waals surface area contributed by atoms with Crippen LogP contribution in [0, 0.1) is 6.92 Å². The Morgan fingerprint density at radius 3 is 2.46 bits per heavy atom. The summed E-state index contributed by atoms with van der Waals surface area (Å²) in [6, 6.07) is 28.1. The van der Waals surface area contributed by atoms with Crippen LogP contribution in [0.3, 0.4) is 0 Å². The van der Waals surface area contributed by atoms with E-state index in [9.17, 15) is 9.90 Å². The third kappa shape index (κ3) is 4.38. The van der Waals surface area contributed by atoms with Crippen LogP contribution in [0.4, 0.5) is 0 Å². The van der Waals surface area contributed by atoms with E-state index in [4.69, 9.17) is 4.98 Å². The quantitative estimate of drug-likeness (QED) is 0.233. The van der Waals surface area contributed by atoms with E-state index >= 15 is 0 Å². The number of carboxylic acid groups (broad SMARTS) is 1. The lowest BCUT2D eigenvalue weighted by atomic mass is 9.98. The molecule has 6 heteroatoms. The van der Waals surface area contributed by atoms with Crippen molar-refractivity contribution < 1.29 is 14.5 Å². The van der Waals surface area contributed by atoms with Crippen LogP contribution in [0.15, 0.2) is 84.9 Å². The summed E-state index contributed by atoms with van der Waals surface area (Å²) in [6.07, 6.45) is 1.91. The number of aryl methyl sites for hydroxylation is 3. The number of rotatable bonds is 7. The Hall–Kier alpha value is -4.71. The van der Waals surface area contributed by atoms with Crippen LogP contribution in [0.25, 0.3) is 44.6 Å². The number of hydrogen-bond donors (Lipinski definition) is 2. The largest absolute Gasteiger partial charge is 0.478 e. The van der Waals surface area contributed by atoms with E-state index in [2.05, 4.69) is 83.5 Å². The molecule has 0 atom stereocenters. The molecule has 2 N–H and O–H groups in total. The van der Waals surface area contributed by atoms with Gasteiger partial charge in [-0.3, -0.25) is 0 Å². The fourth-order valence-electron chi connectivity index (χ4n) is 5.53. The molecule has 0 unspecified atom stereocenters. The first-order valence-electron chi connectivity index (χ1n) is 13.3. The van der Waals surface area contributed by atoms with Crippen LogP contribution < -0.4 is 4.57 Å². The van der Waals surface area contributed by atoms with Crippen LogP contribution in [0.2, 0.25) is 0 Å². The number of aromatic carboxylic acids is 1. The van der Waals surface area contributed by atoms with Crippen molar-refractivity contribution in [3.05, 3.63) is 107 Å². The number of H-pyrrole nitrogens is 1. The minimum Gasteiger partial charge on any atom is -0.478 e. The van der Waals surface area contributed by atoms with E-state index in [1.165, 1.54) is 0 Å². The molecule has 6 aromatic rings. The normalized spacial score (nSPS) is 11.5. The number of nitrogens with zero attached hydrogens (tertiary/aromatic N) is 3. The van der Waals surface area contributed by atoms with Gasteiger partial charge in [0.2, 0.25) is 0 Å². The lowest BCUT2D eigenvalue weighted by molar-refractivity contribution is -0.633. The van der Waals surface area contributed by atoms with Crippen LogP contribution in [0.1, 0.15) is 40.7 Å². The monoisotopic (exact) mass is 515 g/mol. The minimum absolute atomic E-state index is 0.309. The number of aromatic nitrogens is 4. The summed E-state index contributed by atoms with van der Waals surface area (Å²) >= 11 is 0. The van der Waals surface area contributed by atoms with Gasteiger partial charge in [0.1, 0.15) is 5.82 Å². The van der Waals surface area contributed by atoms with Gasteiger partial charge < -0.3 is 9.67 Å². The number of nitrogens with one attached hydrogen (secondary N) is 1. The highest BCUT2D eigenvalue weighted by Crippen LogP contribution is 2.29. The fourth-order valence-corrected chi connectivity index (χ4v) is 5.53. The third-order valence-corrected chi connectivity index (χ3v) is 7.49. The van der Waals surface area contributed by atoms with E-state index in [0.29, 0.717) is 12.1 Å². The van der Waals surface area contributed by atoms with E-state index < -0.39 is 5.97 Å². The SMILES string of the molecule is CCCc1nc2c(C)cc(-c3[nH]c4ccccc4[n+]3C)cc2n1Cc1ccc(-c2ccccc2C(=O)O)cc1. The van der Waals surface area contributed by atoms with Crippen molar-refractivity contribution in [3.8, 4) is 22.5 Å². The van der Waals surface area contributed by atoms with Crippen molar-refractivity contribution in [2.75, 3.05) is 0 Å². The van der Waals surface area contributed by atoms with Crippen molar-refractivity contribution >= 4 is 28.0 Å². The molecule has 6 rings (SSSR count). The van der Waals surface area contributed by atoms with Gasteiger partial charge in [0.15, 0.2) is 11.0 Å². The molecule has 4 aromatic carbocycles. The molecule has 0 aliphatic rings. The highest BCUT2D eigenvalue weighted by Gasteiger charge is 2.21. The van der Waals surface area contributed by atoms with E-state index in [1.807, 2.05) is 24.3 Å². The molecule has 194 valence electrons. The highest BCUT2D eigenvalue weighted by atomic mass is 16.4. The number of carbonyl (C=O) groups is 1. The zero-order chi connectivity index (χ0) is 27.1. The molecule has 0 spiro atoms. The molecule has 2 heterocycles. The maximum absolute atomic E-state index is 11.7. The second-order valence-corrected chi connectivity index (χ2v) is 10.1. The van der Waals surface area contributed by atoms with Crippen LogP contribution in [-0.4, -0.2) is 25.6 Å². The molecule has 0 aliphatic carbocycles. The predicted octanol–water partition coefficient (Wildman–Crippen LogP) is 6.68. The van der Waals surface area contributed by atoms with Gasteiger partial charge in [0.05, 0.1) is 29.2 Å². The second-order valence-electron chi connectivity index (χ2n) is 10.1. The van der Waals surface area contributed by atoms with E-state index in [0.717, 1.165) is 74.4 Å². The minimum atomic E-state index is -0.918. The summed E-state index contributed by atoms with van der Waals surface area (Å²) in [4.78, 5) is 20.4. The lowest BCUT2D eigenvalue weighted by Gasteiger charge is -2.11. The molecular weight excluding hydrogens is 484 g/mol. The molecular formula is C33H31N4O2+. The van der Waals surface area contributed by atoms with Crippen molar-refractivity contribution in [2.45, 2.75) is 33.2 Å². The Morgan fingerprint density at radius 1 is 0.974 bits per heavy atom. The molecule has 0 radical (unpaired) electrons. The molecule has 39 heavy (non-hydrogen) atoms. The first-order valence-corrected chi connectivity index (χ1v) is 13.3. The zero-order valence-electron chi connectivity index (χ0n) is 22.4. The summed E-state index contributed by atoms with van der Waals surface area (Å²) < 4.78 is 4.54. The average Bonchev–Trinajstić information content (AvgIpc) is 3.47. The van der Waals surface area contributed by atoms with Gasteiger partial charge in [-0.05, 0) is 65.9 Å². The molecule has 0 bridgehead atoms. The maximum atomic E-state index is 11.7. The Balaban J connectivity index is 1.42. The molecule has 6 nitrogen and oxygen atoms in total. The first-order chi connectivity index (χ1) is 18.9. The van der Waals surface area contributed by atoms with Gasteiger partial charge in [0.25, 0.3) is 5.82 Å². The summed E-state index contributed by atoms with van der Waals surface area (Å²) in [5.41, 5.74) is 9.77. The molecule has 0 aliphatic heterocycles. The standard InChI is InChI=1S/C33H30N4O2/c1-4-9-30-35-31-21(2)18-24(32-34-27-12-7-8-13-28(27)36(32)3)19-29(31)37(30)20-22-14-16-23(17-15-22)25-10-5-6-11-26(25)33(38)39/h5-8,10-19H,4,9,20H2,1-3H3,(H,38,39)/p+1. The number of aromatic amines is 1. The number of para-hydroxylation sites is 2. The number of hydrogen-bond acceptors (Lipinski definition) is 2. The van der Waals surface area contributed by atoms with Gasteiger partial charge in [-0.25, -0.2) is 19.3 Å². The number of benzene rings is 4. The maximum Gasteiger partial charge on any atom is 0.336 e. The average molecular weight is 516 g/mol.